The fourth-order valence-electron chi connectivity index (χ4n) is 2.65. The highest BCUT2D eigenvalue weighted by molar-refractivity contribution is 6.41. The topological polar surface area (TPSA) is 29.0 Å². The summed E-state index contributed by atoms with van der Waals surface area (Å²) in [5.74, 6) is 2.05. The first kappa shape index (κ1) is 13.9. The number of piperidine rings is 1. The molecule has 1 fully saturated rings. The lowest BCUT2D eigenvalue weighted by Gasteiger charge is -2.35. The van der Waals surface area contributed by atoms with Gasteiger partial charge in [-0.1, -0.05) is 44.0 Å². The molecule has 3 nitrogen and oxygen atoms in total. The van der Waals surface area contributed by atoms with Crippen molar-refractivity contribution in [3.05, 3.63) is 15.9 Å². The lowest BCUT2D eigenvalue weighted by atomic mass is 9.92. The number of aryl methyl sites for hydroxylation is 1. The van der Waals surface area contributed by atoms with Gasteiger partial charge in [-0.15, -0.1) is 0 Å². The summed E-state index contributed by atoms with van der Waals surface area (Å²) < 4.78 is 0. The fourth-order valence-corrected chi connectivity index (χ4v) is 3.06. The molecule has 1 aromatic rings. The normalized spacial score (nSPS) is 24.4. The second kappa shape index (κ2) is 5.62. The van der Waals surface area contributed by atoms with E-state index in [0.717, 1.165) is 31.2 Å². The smallest absolute Gasteiger partial charge is 0.227 e. The standard InChI is InChI=1S/C13H19Cl2N3/c1-4-10-11(14)12(15)17-13(16-10)18-6-8(2)5-9(3)7-18/h8-9H,4-7H2,1-3H3. The minimum absolute atomic E-state index is 0.365. The van der Waals surface area contributed by atoms with Gasteiger partial charge in [-0.05, 0) is 24.7 Å². The van der Waals surface area contributed by atoms with Crippen LogP contribution in [0.1, 0.15) is 32.9 Å². The summed E-state index contributed by atoms with van der Waals surface area (Å²) in [4.78, 5) is 11.1. The van der Waals surface area contributed by atoms with Crippen LogP contribution >= 0.6 is 23.2 Å². The van der Waals surface area contributed by atoms with Crippen molar-refractivity contribution in [1.82, 2.24) is 9.97 Å². The molecular formula is C13H19Cl2N3. The van der Waals surface area contributed by atoms with Gasteiger partial charge in [0.1, 0.15) is 0 Å². The van der Waals surface area contributed by atoms with Crippen LogP contribution in [0.3, 0.4) is 0 Å². The lowest BCUT2D eigenvalue weighted by molar-refractivity contribution is 0.353. The Kier molecular flexibility index (Phi) is 4.33. The number of aromatic nitrogens is 2. The van der Waals surface area contributed by atoms with E-state index in [2.05, 4.69) is 28.7 Å². The number of halogens is 2. The van der Waals surface area contributed by atoms with Crippen LogP contribution in [0.5, 0.6) is 0 Å². The SMILES string of the molecule is CCc1nc(N2CC(C)CC(C)C2)nc(Cl)c1Cl. The Balaban J connectivity index is 2.30. The molecule has 2 heterocycles. The first-order valence-electron chi connectivity index (χ1n) is 6.48. The molecule has 1 aliphatic rings. The minimum Gasteiger partial charge on any atom is -0.340 e. The fraction of sp³-hybridized carbons (Fsp3) is 0.692. The summed E-state index contributed by atoms with van der Waals surface area (Å²) in [5, 5.41) is 0.852. The van der Waals surface area contributed by atoms with Crippen molar-refractivity contribution in [3.63, 3.8) is 0 Å². The zero-order valence-electron chi connectivity index (χ0n) is 11.1. The first-order chi connectivity index (χ1) is 8.51. The minimum atomic E-state index is 0.365. The van der Waals surface area contributed by atoms with Gasteiger partial charge in [0.05, 0.1) is 10.7 Å². The Labute approximate surface area is 119 Å². The first-order valence-corrected chi connectivity index (χ1v) is 7.23. The Hall–Kier alpha value is -0.540. The van der Waals surface area contributed by atoms with E-state index in [-0.39, 0.29) is 0 Å². The third-order valence-electron chi connectivity index (χ3n) is 3.35. The van der Waals surface area contributed by atoms with Crippen molar-refractivity contribution in [2.45, 2.75) is 33.6 Å². The molecule has 1 saturated heterocycles. The second-order valence-electron chi connectivity index (χ2n) is 5.28. The van der Waals surface area contributed by atoms with Gasteiger partial charge in [0, 0.05) is 13.1 Å². The van der Waals surface area contributed by atoms with Crippen molar-refractivity contribution < 1.29 is 0 Å². The van der Waals surface area contributed by atoms with Gasteiger partial charge in [-0.2, -0.15) is 4.98 Å². The summed E-state index contributed by atoms with van der Waals surface area (Å²) >= 11 is 12.2. The summed E-state index contributed by atoms with van der Waals surface area (Å²) in [6.07, 6.45) is 2.03. The molecule has 5 heteroatoms. The number of hydrogen-bond donors (Lipinski definition) is 0. The average molecular weight is 288 g/mol. The van der Waals surface area contributed by atoms with E-state index in [4.69, 9.17) is 23.2 Å². The van der Waals surface area contributed by atoms with Crippen LogP contribution in [-0.2, 0) is 6.42 Å². The molecule has 2 unspecified atom stereocenters. The van der Waals surface area contributed by atoms with E-state index in [1.807, 2.05) is 6.92 Å². The third-order valence-corrected chi connectivity index (χ3v) is 4.12. The molecule has 100 valence electrons. The van der Waals surface area contributed by atoms with Crippen molar-refractivity contribution in [2.75, 3.05) is 18.0 Å². The predicted molar refractivity (Wildman–Crippen MR) is 76.6 cm³/mol. The highest BCUT2D eigenvalue weighted by Crippen LogP contribution is 2.29. The van der Waals surface area contributed by atoms with E-state index in [1.165, 1.54) is 6.42 Å². The highest BCUT2D eigenvalue weighted by Gasteiger charge is 2.24. The molecule has 0 aliphatic carbocycles. The van der Waals surface area contributed by atoms with E-state index < -0.39 is 0 Å². The predicted octanol–water partition coefficient (Wildman–Crippen LogP) is 3.83. The average Bonchev–Trinajstić information content (AvgIpc) is 2.31. The second-order valence-corrected chi connectivity index (χ2v) is 6.02. The van der Waals surface area contributed by atoms with Crippen LogP contribution in [0.2, 0.25) is 10.2 Å². The van der Waals surface area contributed by atoms with Gasteiger partial charge < -0.3 is 4.90 Å². The number of anilines is 1. The molecule has 0 N–H and O–H groups in total. The van der Waals surface area contributed by atoms with Crippen molar-refractivity contribution >= 4 is 29.2 Å². The summed E-state index contributed by atoms with van der Waals surface area (Å²) in [6, 6.07) is 0. The van der Waals surface area contributed by atoms with Gasteiger partial charge in [0.2, 0.25) is 5.95 Å². The molecular weight excluding hydrogens is 269 g/mol. The molecule has 2 atom stereocenters. The highest BCUT2D eigenvalue weighted by atomic mass is 35.5. The monoisotopic (exact) mass is 287 g/mol. The van der Waals surface area contributed by atoms with Crippen LogP contribution < -0.4 is 4.90 Å². The maximum absolute atomic E-state index is 6.09. The van der Waals surface area contributed by atoms with Gasteiger partial charge in [-0.3, -0.25) is 0 Å². The van der Waals surface area contributed by atoms with E-state index in [1.54, 1.807) is 0 Å². The summed E-state index contributed by atoms with van der Waals surface area (Å²) in [5.41, 5.74) is 0.831. The van der Waals surface area contributed by atoms with E-state index in [9.17, 15) is 0 Å². The Morgan fingerprint density at radius 2 is 1.78 bits per heavy atom. The Morgan fingerprint density at radius 1 is 1.17 bits per heavy atom. The van der Waals surface area contributed by atoms with Crippen LogP contribution in [0.25, 0.3) is 0 Å². The lowest BCUT2D eigenvalue weighted by Crippen LogP contribution is -2.39. The molecule has 0 saturated carbocycles. The van der Waals surface area contributed by atoms with Crippen LogP contribution in [0.4, 0.5) is 5.95 Å². The molecule has 0 bridgehead atoms. The van der Waals surface area contributed by atoms with Gasteiger partial charge >= 0.3 is 0 Å². The van der Waals surface area contributed by atoms with Gasteiger partial charge in [0.15, 0.2) is 5.15 Å². The Morgan fingerprint density at radius 3 is 2.33 bits per heavy atom. The molecule has 1 aromatic heterocycles. The number of hydrogen-bond acceptors (Lipinski definition) is 3. The number of nitrogens with zero attached hydrogens (tertiary/aromatic N) is 3. The van der Waals surface area contributed by atoms with Gasteiger partial charge in [0.25, 0.3) is 0 Å². The molecule has 1 aliphatic heterocycles. The van der Waals surface area contributed by atoms with Crippen LogP contribution in [0.15, 0.2) is 0 Å². The largest absolute Gasteiger partial charge is 0.340 e. The van der Waals surface area contributed by atoms with Crippen molar-refractivity contribution in [3.8, 4) is 0 Å². The summed E-state index contributed by atoms with van der Waals surface area (Å²) in [6.45, 7) is 8.54. The molecule has 0 radical (unpaired) electrons. The summed E-state index contributed by atoms with van der Waals surface area (Å²) in [7, 11) is 0. The molecule has 0 amide bonds. The maximum Gasteiger partial charge on any atom is 0.227 e. The molecule has 18 heavy (non-hydrogen) atoms. The van der Waals surface area contributed by atoms with Crippen LogP contribution in [-0.4, -0.2) is 23.1 Å². The molecule has 2 rings (SSSR count). The molecule has 0 aromatic carbocycles. The van der Waals surface area contributed by atoms with Crippen molar-refractivity contribution in [2.24, 2.45) is 11.8 Å². The third kappa shape index (κ3) is 2.89. The van der Waals surface area contributed by atoms with E-state index in [0.29, 0.717) is 22.0 Å². The van der Waals surface area contributed by atoms with E-state index >= 15 is 0 Å². The zero-order valence-corrected chi connectivity index (χ0v) is 12.6. The molecule has 0 spiro atoms. The van der Waals surface area contributed by atoms with Gasteiger partial charge in [-0.25, -0.2) is 4.98 Å². The zero-order chi connectivity index (χ0) is 13.3. The van der Waals surface area contributed by atoms with Crippen molar-refractivity contribution in [1.29, 1.82) is 0 Å². The Bertz CT molecular complexity index is 426. The maximum atomic E-state index is 6.09. The number of rotatable bonds is 2. The van der Waals surface area contributed by atoms with Crippen LogP contribution in [0, 0.1) is 11.8 Å². The quantitative estimate of drug-likeness (QED) is 0.774.